The van der Waals surface area contributed by atoms with E-state index in [0.717, 1.165) is 11.1 Å². The van der Waals surface area contributed by atoms with Crippen molar-refractivity contribution in [2.75, 3.05) is 13.2 Å². The molecule has 0 aliphatic rings. The zero-order valence-electron chi connectivity index (χ0n) is 17.1. The van der Waals surface area contributed by atoms with Gasteiger partial charge in [0, 0.05) is 0 Å². The van der Waals surface area contributed by atoms with E-state index in [1.165, 1.54) is 48.5 Å². The number of aryl methyl sites for hydroxylation is 2. The summed E-state index contributed by atoms with van der Waals surface area (Å²) >= 11 is 0. The van der Waals surface area contributed by atoms with E-state index in [-0.39, 0.29) is 9.79 Å². The quantitative estimate of drug-likeness (QED) is 0.346. The summed E-state index contributed by atoms with van der Waals surface area (Å²) in [4.78, 5) is -0.638. The molecule has 0 N–H and O–H groups in total. The van der Waals surface area contributed by atoms with E-state index in [1.54, 1.807) is 13.8 Å². The van der Waals surface area contributed by atoms with Gasteiger partial charge in [-0.3, -0.25) is 8.37 Å². The summed E-state index contributed by atoms with van der Waals surface area (Å²) in [6.07, 6.45) is -11.9. The van der Waals surface area contributed by atoms with Gasteiger partial charge in [0.15, 0.2) is 24.7 Å². The minimum Gasteiger partial charge on any atom is -0.263 e. The van der Waals surface area contributed by atoms with E-state index < -0.39 is 58.1 Å². The largest absolute Gasteiger partial charge is 0.297 e. The number of benzene rings is 2. The van der Waals surface area contributed by atoms with E-state index in [0.29, 0.717) is 0 Å². The molecule has 2 rings (SSSR count). The van der Waals surface area contributed by atoms with E-state index >= 15 is 0 Å². The standard InChI is InChI=1S/C20H22F4O6S2/c1-13-3-7-15(8-4-13)31(25,26)29-11-17(21)19(23)20(24)18(22)12-30-32(27,28)16-9-5-14(2)6-10-16/h3-10,17-20H,11-12H2,1-2H3/t17-,18+,19-,20-/m1/s1. The maximum absolute atomic E-state index is 14.0. The summed E-state index contributed by atoms with van der Waals surface area (Å²) in [5, 5.41) is 0. The van der Waals surface area contributed by atoms with Gasteiger partial charge in [0.1, 0.15) is 13.2 Å². The van der Waals surface area contributed by atoms with E-state index in [4.69, 9.17) is 0 Å². The molecule has 0 aromatic heterocycles. The van der Waals surface area contributed by atoms with Crippen molar-refractivity contribution in [3.63, 3.8) is 0 Å². The summed E-state index contributed by atoms with van der Waals surface area (Å²) in [5.74, 6) is 0. The number of alkyl halides is 4. The van der Waals surface area contributed by atoms with Crippen molar-refractivity contribution in [2.45, 2.75) is 48.3 Å². The second-order valence-corrected chi connectivity index (χ2v) is 10.3. The number of halogens is 4. The van der Waals surface area contributed by atoms with Crippen LogP contribution in [0.1, 0.15) is 11.1 Å². The van der Waals surface area contributed by atoms with Crippen molar-refractivity contribution in [3.05, 3.63) is 59.7 Å². The summed E-state index contributed by atoms with van der Waals surface area (Å²) in [6, 6.07) is 10.6. The van der Waals surface area contributed by atoms with Gasteiger partial charge in [-0.15, -0.1) is 0 Å². The van der Waals surface area contributed by atoms with Crippen molar-refractivity contribution in [1.29, 1.82) is 0 Å². The first kappa shape index (κ1) is 26.2. The molecule has 0 saturated carbocycles. The van der Waals surface area contributed by atoms with Crippen LogP contribution in [0.25, 0.3) is 0 Å². The Balaban J connectivity index is 1.91. The molecule has 0 heterocycles. The summed E-state index contributed by atoms with van der Waals surface area (Å²) in [6.45, 7) is 0.611. The molecule has 4 atom stereocenters. The Kier molecular flexibility index (Phi) is 8.80. The third kappa shape index (κ3) is 6.99. The molecular weight excluding hydrogens is 476 g/mol. The summed E-state index contributed by atoms with van der Waals surface area (Å²) in [5.41, 5.74) is 1.49. The minimum absolute atomic E-state index is 0.319. The molecule has 0 amide bonds. The van der Waals surface area contributed by atoms with Crippen LogP contribution >= 0.6 is 0 Å². The Morgan fingerprint density at radius 2 is 0.906 bits per heavy atom. The normalized spacial score (nSPS) is 16.3. The molecule has 0 aliphatic heterocycles. The number of rotatable bonds is 11. The topological polar surface area (TPSA) is 86.7 Å². The van der Waals surface area contributed by atoms with Gasteiger partial charge in [-0.05, 0) is 38.1 Å². The minimum atomic E-state index is -4.44. The van der Waals surface area contributed by atoms with Gasteiger partial charge in [0.25, 0.3) is 20.2 Å². The van der Waals surface area contributed by atoms with Gasteiger partial charge < -0.3 is 0 Å². The van der Waals surface area contributed by atoms with Crippen molar-refractivity contribution in [3.8, 4) is 0 Å². The van der Waals surface area contributed by atoms with Crippen LogP contribution in [0.15, 0.2) is 58.3 Å². The SMILES string of the molecule is Cc1ccc(S(=O)(=O)OC[C@@H](F)[C@@H](F)[C@H](F)[C@@H](F)COS(=O)(=O)c2ccc(C)cc2)cc1. The lowest BCUT2D eigenvalue weighted by Crippen LogP contribution is -2.39. The van der Waals surface area contributed by atoms with Crippen molar-refractivity contribution < 1.29 is 42.8 Å². The Hall–Kier alpha value is -2.02. The average molecular weight is 499 g/mol. The number of hydrogen-bond donors (Lipinski definition) is 0. The molecule has 2 aromatic rings. The third-order valence-corrected chi connectivity index (χ3v) is 6.97. The smallest absolute Gasteiger partial charge is 0.263 e. The fourth-order valence-corrected chi connectivity index (χ4v) is 4.27. The molecule has 0 aliphatic carbocycles. The van der Waals surface area contributed by atoms with Gasteiger partial charge in [0.2, 0.25) is 0 Å². The van der Waals surface area contributed by atoms with E-state index in [9.17, 15) is 34.4 Å². The van der Waals surface area contributed by atoms with Crippen LogP contribution in [0.4, 0.5) is 17.6 Å². The Bertz CT molecular complexity index is 1000. The highest BCUT2D eigenvalue weighted by atomic mass is 32.2. The molecule has 32 heavy (non-hydrogen) atoms. The molecule has 178 valence electrons. The average Bonchev–Trinajstić information content (AvgIpc) is 2.75. The molecule has 0 radical (unpaired) electrons. The zero-order chi connectivity index (χ0) is 24.1. The molecule has 0 spiro atoms. The van der Waals surface area contributed by atoms with Crippen molar-refractivity contribution in [1.82, 2.24) is 0 Å². The van der Waals surface area contributed by atoms with Crippen LogP contribution in [-0.4, -0.2) is 54.7 Å². The van der Waals surface area contributed by atoms with Crippen molar-refractivity contribution >= 4 is 20.2 Å². The maximum atomic E-state index is 14.0. The second kappa shape index (κ2) is 10.7. The van der Waals surface area contributed by atoms with Crippen LogP contribution in [-0.2, 0) is 28.6 Å². The summed E-state index contributed by atoms with van der Waals surface area (Å²) in [7, 11) is -8.88. The first-order valence-corrected chi connectivity index (χ1v) is 12.1. The number of hydrogen-bond acceptors (Lipinski definition) is 6. The van der Waals surface area contributed by atoms with Crippen LogP contribution in [0, 0.1) is 13.8 Å². The van der Waals surface area contributed by atoms with Gasteiger partial charge in [-0.2, -0.15) is 16.8 Å². The van der Waals surface area contributed by atoms with Crippen LogP contribution in [0.5, 0.6) is 0 Å². The molecule has 12 heteroatoms. The fraction of sp³-hybridized carbons (Fsp3) is 0.400. The molecule has 0 fully saturated rings. The van der Waals surface area contributed by atoms with Crippen LogP contribution in [0.3, 0.4) is 0 Å². The van der Waals surface area contributed by atoms with Crippen LogP contribution < -0.4 is 0 Å². The predicted molar refractivity (Wildman–Crippen MR) is 108 cm³/mol. The highest BCUT2D eigenvalue weighted by Crippen LogP contribution is 2.22. The van der Waals surface area contributed by atoms with Gasteiger partial charge in [-0.1, -0.05) is 35.4 Å². The predicted octanol–water partition coefficient (Wildman–Crippen LogP) is 3.77. The van der Waals surface area contributed by atoms with E-state index in [1.807, 2.05) is 0 Å². The lowest BCUT2D eigenvalue weighted by Gasteiger charge is -2.20. The summed E-state index contributed by atoms with van der Waals surface area (Å²) < 4.78 is 113. The Morgan fingerprint density at radius 3 is 1.19 bits per heavy atom. The van der Waals surface area contributed by atoms with Crippen LogP contribution in [0.2, 0.25) is 0 Å². The highest BCUT2D eigenvalue weighted by Gasteiger charge is 2.38. The van der Waals surface area contributed by atoms with Gasteiger partial charge >= 0.3 is 0 Å². The second-order valence-electron chi connectivity index (χ2n) is 7.02. The molecule has 6 nitrogen and oxygen atoms in total. The molecule has 0 unspecified atom stereocenters. The zero-order valence-corrected chi connectivity index (χ0v) is 18.8. The monoisotopic (exact) mass is 498 g/mol. The fourth-order valence-electron chi connectivity index (χ4n) is 2.44. The lowest BCUT2D eigenvalue weighted by atomic mass is 10.1. The first-order valence-electron chi connectivity index (χ1n) is 9.32. The molecule has 0 saturated heterocycles. The third-order valence-electron chi connectivity index (χ3n) is 4.38. The molecular formula is C20H22F4O6S2. The Labute approximate surface area is 184 Å². The van der Waals surface area contributed by atoms with Gasteiger partial charge in [0.05, 0.1) is 9.79 Å². The highest BCUT2D eigenvalue weighted by molar-refractivity contribution is 7.87. The molecule has 2 aromatic carbocycles. The Morgan fingerprint density at radius 1 is 0.625 bits per heavy atom. The first-order chi connectivity index (χ1) is 14.8. The maximum Gasteiger partial charge on any atom is 0.297 e. The lowest BCUT2D eigenvalue weighted by molar-refractivity contribution is 0.00394. The molecule has 0 bridgehead atoms. The van der Waals surface area contributed by atoms with Gasteiger partial charge in [-0.25, -0.2) is 17.6 Å². The van der Waals surface area contributed by atoms with E-state index in [2.05, 4.69) is 8.37 Å². The van der Waals surface area contributed by atoms with Crippen molar-refractivity contribution in [2.24, 2.45) is 0 Å².